The summed E-state index contributed by atoms with van der Waals surface area (Å²) in [6.07, 6.45) is 5.63. The standard InChI is InChI=1S/C65H52BN3OS2/c1-62(2)45-26-12-11-25-43(45)58-44-37-52-49(38-57(44)71-60(58)62)66-50-39-65(47-28-14-17-31-55(47)70-56-32-18-15-29-48(56)65)72-61(50)68(41-23-9-6-10-24-41)54-36-42(35-53(59(54)66)67(52)40-21-7-5-8-22-40)69-51-30-16-13-27-46(51)63(3)33-19-20-34-64(63,69)4/h5-18,21-32,35-38H,19-20,33-34,39H2,1-4H3. The van der Waals surface area contributed by atoms with Gasteiger partial charge in [0.1, 0.15) is 11.5 Å². The topological polar surface area (TPSA) is 19.0 Å². The number of benzene rings is 8. The summed E-state index contributed by atoms with van der Waals surface area (Å²) in [4.78, 5) is 9.58. The summed E-state index contributed by atoms with van der Waals surface area (Å²) in [5.74, 6) is 1.90. The first-order chi connectivity index (χ1) is 35.2. The van der Waals surface area contributed by atoms with Gasteiger partial charge in [-0.15, -0.1) is 11.3 Å². The average Bonchev–Trinajstić information content (AvgIpc) is 4.11. The highest BCUT2D eigenvalue weighted by Crippen LogP contribution is 2.68. The minimum atomic E-state index is -0.419. The molecule has 1 spiro atoms. The largest absolute Gasteiger partial charge is 0.457 e. The quantitative estimate of drug-likeness (QED) is 0.164. The lowest BCUT2D eigenvalue weighted by molar-refractivity contribution is 0.195. The summed E-state index contributed by atoms with van der Waals surface area (Å²) in [7, 11) is 0. The van der Waals surface area contributed by atoms with Crippen molar-refractivity contribution in [2.75, 3.05) is 14.7 Å². The number of hydrogen-bond acceptors (Lipinski definition) is 6. The van der Waals surface area contributed by atoms with Crippen LogP contribution in [0.5, 0.6) is 11.5 Å². The fraction of sp³-hybridized carbons (Fsp3) is 0.200. The molecule has 6 heterocycles. The molecule has 72 heavy (non-hydrogen) atoms. The van der Waals surface area contributed by atoms with Crippen molar-refractivity contribution in [1.82, 2.24) is 0 Å². The van der Waals surface area contributed by atoms with Crippen molar-refractivity contribution in [3.05, 3.63) is 220 Å². The van der Waals surface area contributed by atoms with Crippen molar-refractivity contribution < 1.29 is 4.74 Å². The van der Waals surface area contributed by atoms with Gasteiger partial charge in [-0.3, -0.25) is 0 Å². The van der Waals surface area contributed by atoms with Crippen molar-refractivity contribution in [2.24, 2.45) is 0 Å². The minimum Gasteiger partial charge on any atom is -0.457 e. The zero-order chi connectivity index (χ0) is 47.9. The van der Waals surface area contributed by atoms with Gasteiger partial charge in [-0.05, 0) is 121 Å². The minimum absolute atomic E-state index is 0.00453. The highest BCUT2D eigenvalue weighted by Gasteiger charge is 2.60. The molecular weight excluding hydrogens is 914 g/mol. The van der Waals surface area contributed by atoms with Crippen LogP contribution in [0.25, 0.3) is 21.2 Å². The Morgan fingerprint density at radius 1 is 0.542 bits per heavy atom. The fourth-order valence-electron chi connectivity index (χ4n) is 15.0. The van der Waals surface area contributed by atoms with E-state index in [2.05, 4.69) is 236 Å². The van der Waals surface area contributed by atoms with Crippen LogP contribution >= 0.6 is 23.1 Å². The van der Waals surface area contributed by atoms with E-state index in [-0.39, 0.29) is 23.1 Å². The van der Waals surface area contributed by atoms with Gasteiger partial charge in [-0.2, -0.15) is 0 Å². The van der Waals surface area contributed by atoms with Crippen molar-refractivity contribution in [1.29, 1.82) is 0 Å². The highest BCUT2D eigenvalue weighted by atomic mass is 32.2. The Kier molecular flexibility index (Phi) is 8.33. The van der Waals surface area contributed by atoms with Gasteiger partial charge in [-0.25, -0.2) is 0 Å². The van der Waals surface area contributed by atoms with Crippen LogP contribution in [-0.4, -0.2) is 12.3 Å². The van der Waals surface area contributed by atoms with Gasteiger partial charge < -0.3 is 19.4 Å². The maximum absolute atomic E-state index is 6.82. The van der Waals surface area contributed by atoms with Crippen LogP contribution in [0.2, 0.25) is 0 Å². The molecule has 1 aromatic heterocycles. The molecule has 0 bridgehead atoms. The Morgan fingerprint density at radius 3 is 1.86 bits per heavy atom. The van der Waals surface area contributed by atoms with Gasteiger partial charge in [0.2, 0.25) is 6.71 Å². The van der Waals surface area contributed by atoms with Gasteiger partial charge in [0.25, 0.3) is 0 Å². The van der Waals surface area contributed by atoms with Crippen LogP contribution < -0.4 is 30.4 Å². The molecule has 1 saturated carbocycles. The SMILES string of the molecule is CC1(C)c2ccccc2-c2c1sc1cc3c(cc21)N(c1ccccc1)c1cc(N2c4ccccc4C4(C)CCCCC24C)cc2c1B3C1=C(SC3(C1)c1ccccc1Oc1ccccc13)N2c1ccccc1. The maximum Gasteiger partial charge on any atom is 0.248 e. The molecule has 4 nitrogen and oxygen atoms in total. The molecule has 2 aliphatic carbocycles. The molecule has 5 aliphatic heterocycles. The fourth-order valence-corrected chi connectivity index (χ4v) is 18.1. The number of allylic oxidation sites excluding steroid dienone is 1. The summed E-state index contributed by atoms with van der Waals surface area (Å²) in [5, 5.41) is 2.68. The van der Waals surface area contributed by atoms with E-state index in [0.717, 1.165) is 24.3 Å². The predicted octanol–water partition coefficient (Wildman–Crippen LogP) is 16.4. The third-order valence-electron chi connectivity index (χ3n) is 18.4. The molecule has 0 saturated heterocycles. The molecular formula is C65H52BN3OS2. The second-order valence-corrected chi connectivity index (χ2v) is 24.6. The number of thioether (sulfide) groups is 1. The molecule has 2 atom stereocenters. The zero-order valence-electron chi connectivity index (χ0n) is 41.0. The Balaban J connectivity index is 1.03. The van der Waals surface area contributed by atoms with E-state index in [0.29, 0.717) is 0 Å². The van der Waals surface area contributed by atoms with Crippen LogP contribution in [0.15, 0.2) is 192 Å². The van der Waals surface area contributed by atoms with Crippen LogP contribution in [0.1, 0.15) is 86.9 Å². The van der Waals surface area contributed by atoms with Crippen LogP contribution in [0.3, 0.4) is 0 Å². The van der Waals surface area contributed by atoms with E-state index in [1.54, 1.807) is 0 Å². The number of anilines is 7. The van der Waals surface area contributed by atoms with Crippen molar-refractivity contribution in [2.45, 2.75) is 80.9 Å². The molecule has 1 fully saturated rings. The van der Waals surface area contributed by atoms with Gasteiger partial charge in [-0.1, -0.05) is 166 Å². The van der Waals surface area contributed by atoms with E-state index in [9.17, 15) is 0 Å². The number of para-hydroxylation sites is 5. The second kappa shape index (κ2) is 14.4. The molecule has 2 unspecified atom stereocenters. The lowest BCUT2D eigenvalue weighted by atomic mass is 9.32. The normalized spacial score (nSPS) is 21.8. The van der Waals surface area contributed by atoms with Gasteiger partial charge in [0.05, 0.1) is 15.3 Å². The van der Waals surface area contributed by atoms with Gasteiger partial charge in [0, 0.05) is 82.3 Å². The first-order valence-electron chi connectivity index (χ1n) is 26.0. The lowest BCUT2D eigenvalue weighted by Gasteiger charge is -2.51. The Morgan fingerprint density at radius 2 is 1.14 bits per heavy atom. The van der Waals surface area contributed by atoms with Crippen LogP contribution in [0.4, 0.5) is 39.8 Å². The van der Waals surface area contributed by atoms with Gasteiger partial charge in [0.15, 0.2) is 0 Å². The third kappa shape index (κ3) is 5.16. The third-order valence-corrected chi connectivity index (χ3v) is 21.5. The predicted molar refractivity (Wildman–Crippen MR) is 303 cm³/mol. The van der Waals surface area contributed by atoms with Crippen LogP contribution in [-0.2, 0) is 15.6 Å². The van der Waals surface area contributed by atoms with E-state index in [1.165, 1.54) is 129 Å². The van der Waals surface area contributed by atoms with Crippen molar-refractivity contribution in [3.63, 3.8) is 0 Å². The molecule has 16 rings (SSSR count). The van der Waals surface area contributed by atoms with E-state index >= 15 is 0 Å². The number of rotatable bonds is 3. The summed E-state index contributed by atoms with van der Waals surface area (Å²) in [6.45, 7) is 9.98. The average molecular weight is 966 g/mol. The summed E-state index contributed by atoms with van der Waals surface area (Å²) in [5.41, 5.74) is 20.9. The monoisotopic (exact) mass is 965 g/mol. The molecule has 9 aromatic rings. The molecule has 0 amide bonds. The van der Waals surface area contributed by atoms with E-state index in [1.807, 2.05) is 11.3 Å². The van der Waals surface area contributed by atoms with Crippen molar-refractivity contribution in [3.8, 4) is 22.6 Å². The summed E-state index contributed by atoms with van der Waals surface area (Å²) < 4.78 is 7.77. The Hall–Kier alpha value is -6.93. The zero-order valence-corrected chi connectivity index (χ0v) is 42.6. The molecule has 348 valence electrons. The smallest absolute Gasteiger partial charge is 0.248 e. The second-order valence-electron chi connectivity index (χ2n) is 22.3. The first-order valence-corrected chi connectivity index (χ1v) is 27.6. The Bertz CT molecular complexity index is 3820. The Labute approximate surface area is 430 Å². The van der Waals surface area contributed by atoms with E-state index < -0.39 is 4.75 Å². The molecule has 8 aromatic carbocycles. The molecule has 0 N–H and O–H groups in total. The van der Waals surface area contributed by atoms with Crippen LogP contribution in [0, 0.1) is 0 Å². The number of nitrogens with zero attached hydrogens (tertiary/aromatic N) is 3. The highest BCUT2D eigenvalue weighted by molar-refractivity contribution is 8.04. The number of ether oxygens (including phenoxy) is 1. The summed E-state index contributed by atoms with van der Waals surface area (Å²) in [6, 6.07) is 69.1. The number of hydrogen-bond donors (Lipinski definition) is 0. The van der Waals surface area contributed by atoms with Gasteiger partial charge >= 0.3 is 0 Å². The molecule has 0 radical (unpaired) electrons. The van der Waals surface area contributed by atoms with Crippen molar-refractivity contribution >= 4 is 90.6 Å². The van der Waals surface area contributed by atoms with E-state index in [4.69, 9.17) is 4.74 Å². The molecule has 7 aliphatic rings. The lowest BCUT2D eigenvalue weighted by Crippen LogP contribution is -2.56. The number of fused-ring (bicyclic) bond motifs is 15. The summed E-state index contributed by atoms with van der Waals surface area (Å²) >= 11 is 4.06. The molecule has 7 heteroatoms. The number of thiophene rings is 1. The maximum atomic E-state index is 6.82. The first kappa shape index (κ1) is 41.7.